The number of halogens is 3. The summed E-state index contributed by atoms with van der Waals surface area (Å²) in [6, 6.07) is 0. The number of hydrogen-bond acceptors (Lipinski definition) is 6. The largest absolute Gasteiger partial charge is 0.511 e. The molecule has 1 fully saturated rings. The molecule has 0 unspecified atom stereocenters. The minimum atomic E-state index is -5.30. The Morgan fingerprint density at radius 2 is 1.92 bits per heavy atom. The number of aryl methyl sites for hydroxylation is 2. The zero-order valence-corrected chi connectivity index (χ0v) is 14.4. The summed E-state index contributed by atoms with van der Waals surface area (Å²) in [5.41, 5.74) is -5.20. The molecule has 1 N–H and O–H groups in total. The monoisotopic (exact) mass is 385 g/mol. The molecule has 1 aliphatic heterocycles. The summed E-state index contributed by atoms with van der Waals surface area (Å²) in [4.78, 5) is 10.5. The van der Waals surface area contributed by atoms with Crippen LogP contribution in [-0.4, -0.2) is 52.6 Å². The van der Waals surface area contributed by atoms with E-state index >= 15 is 0 Å². The third-order valence-corrected chi connectivity index (χ3v) is 5.77. The van der Waals surface area contributed by atoms with Crippen molar-refractivity contribution in [1.29, 1.82) is 0 Å². The van der Waals surface area contributed by atoms with Gasteiger partial charge in [-0.2, -0.15) is 22.6 Å². The molecule has 0 aliphatic carbocycles. The van der Waals surface area contributed by atoms with Gasteiger partial charge < -0.3 is 5.32 Å². The van der Waals surface area contributed by atoms with Gasteiger partial charge in [-0.15, -0.1) is 0 Å². The first-order chi connectivity index (χ1) is 11.4. The smallest absolute Gasteiger partial charge is 0.364 e. The molecule has 13 heteroatoms. The van der Waals surface area contributed by atoms with Crippen molar-refractivity contribution >= 4 is 21.5 Å². The van der Waals surface area contributed by atoms with Crippen LogP contribution in [0.4, 0.5) is 24.7 Å². The predicted octanol–water partition coefficient (Wildman–Crippen LogP) is 1.61. The summed E-state index contributed by atoms with van der Waals surface area (Å²) >= 11 is 0. The van der Waals surface area contributed by atoms with Crippen LogP contribution in [0.2, 0.25) is 0 Å². The lowest BCUT2D eigenvalue weighted by Crippen LogP contribution is -2.45. The Morgan fingerprint density at radius 1 is 1.36 bits per heavy atom. The van der Waals surface area contributed by atoms with Crippen LogP contribution >= 0.6 is 0 Å². The summed E-state index contributed by atoms with van der Waals surface area (Å²) in [6.07, 6.45) is 0.458. The summed E-state index contributed by atoms with van der Waals surface area (Å²) < 4.78 is 62.1. The second kappa shape index (κ2) is 6.78. The van der Waals surface area contributed by atoms with Crippen LogP contribution in [0.5, 0.6) is 0 Å². The average molecular weight is 385 g/mol. The van der Waals surface area contributed by atoms with Gasteiger partial charge in [0.1, 0.15) is 5.69 Å². The van der Waals surface area contributed by atoms with Gasteiger partial charge in [-0.05, 0) is 25.7 Å². The second-order valence-electron chi connectivity index (χ2n) is 5.84. The summed E-state index contributed by atoms with van der Waals surface area (Å²) in [5.74, 6) is 0.113. The van der Waals surface area contributed by atoms with Crippen molar-refractivity contribution in [2.24, 2.45) is 13.0 Å². The van der Waals surface area contributed by atoms with Gasteiger partial charge in [0.2, 0.25) is 5.82 Å². The normalized spacial score (nSPS) is 17.6. The highest BCUT2D eigenvalue weighted by molar-refractivity contribution is 7.90. The Kier molecular flexibility index (Phi) is 5.27. The van der Waals surface area contributed by atoms with E-state index in [0.717, 1.165) is 0 Å². The summed E-state index contributed by atoms with van der Waals surface area (Å²) in [7, 11) is -3.76. The zero-order chi connectivity index (χ0) is 19.0. The lowest BCUT2D eigenvalue weighted by molar-refractivity contribution is -0.384. The van der Waals surface area contributed by atoms with E-state index in [2.05, 4.69) is 10.4 Å². The van der Waals surface area contributed by atoms with Crippen LogP contribution in [0.3, 0.4) is 0 Å². The molecule has 1 aliphatic rings. The summed E-state index contributed by atoms with van der Waals surface area (Å²) in [5, 5.41) is 18.0. The fourth-order valence-electron chi connectivity index (χ4n) is 2.80. The SMILES string of the molecule is Cc1nn(C)c(NCC2CCN(S(=O)(=O)C(F)(F)F)CC2)c1[N+](=O)[O-]. The van der Waals surface area contributed by atoms with Crippen molar-refractivity contribution in [3.8, 4) is 0 Å². The van der Waals surface area contributed by atoms with E-state index in [1.807, 2.05) is 0 Å². The number of sulfonamides is 1. The van der Waals surface area contributed by atoms with E-state index in [0.29, 0.717) is 4.31 Å². The lowest BCUT2D eigenvalue weighted by atomic mass is 9.98. The lowest BCUT2D eigenvalue weighted by Gasteiger charge is -2.31. The van der Waals surface area contributed by atoms with Crippen molar-refractivity contribution in [3.05, 3.63) is 15.8 Å². The molecule has 0 amide bonds. The maximum atomic E-state index is 12.5. The molecular weight excluding hydrogens is 367 g/mol. The molecule has 1 aromatic heterocycles. The first-order valence-corrected chi connectivity index (χ1v) is 8.87. The molecule has 25 heavy (non-hydrogen) atoms. The molecule has 0 bridgehead atoms. The van der Waals surface area contributed by atoms with Crippen LogP contribution in [0.1, 0.15) is 18.5 Å². The van der Waals surface area contributed by atoms with Crippen LogP contribution in [0, 0.1) is 23.0 Å². The number of nitrogens with one attached hydrogen (secondary N) is 1. The van der Waals surface area contributed by atoms with Gasteiger partial charge in [0.25, 0.3) is 0 Å². The highest BCUT2D eigenvalue weighted by Gasteiger charge is 2.50. The molecule has 0 spiro atoms. The van der Waals surface area contributed by atoms with Gasteiger partial charge in [0, 0.05) is 26.7 Å². The molecule has 0 radical (unpaired) electrons. The van der Waals surface area contributed by atoms with Gasteiger partial charge in [0.05, 0.1) is 4.92 Å². The van der Waals surface area contributed by atoms with Crippen molar-refractivity contribution in [2.75, 3.05) is 25.0 Å². The van der Waals surface area contributed by atoms with E-state index in [9.17, 15) is 31.7 Å². The number of aromatic nitrogens is 2. The molecule has 2 rings (SSSR count). The molecular formula is C12H18F3N5O4S. The predicted molar refractivity (Wildman–Crippen MR) is 82.4 cm³/mol. The third-order valence-electron chi connectivity index (χ3n) is 4.14. The van der Waals surface area contributed by atoms with E-state index in [1.165, 1.54) is 11.6 Å². The van der Waals surface area contributed by atoms with Gasteiger partial charge in [-0.3, -0.25) is 10.1 Å². The Bertz CT molecular complexity index is 754. The summed E-state index contributed by atoms with van der Waals surface area (Å²) in [6.45, 7) is 1.31. The second-order valence-corrected chi connectivity index (χ2v) is 7.77. The number of rotatable bonds is 5. The number of piperidine rings is 1. The van der Waals surface area contributed by atoms with E-state index in [-0.39, 0.29) is 55.6 Å². The molecule has 1 aromatic rings. The third kappa shape index (κ3) is 3.86. The van der Waals surface area contributed by atoms with E-state index in [4.69, 9.17) is 0 Å². The number of hydrogen-bond donors (Lipinski definition) is 1. The zero-order valence-electron chi connectivity index (χ0n) is 13.6. The first kappa shape index (κ1) is 19.4. The Hall–Kier alpha value is -1.89. The van der Waals surface area contributed by atoms with Crippen molar-refractivity contribution in [2.45, 2.75) is 25.3 Å². The van der Waals surface area contributed by atoms with Gasteiger partial charge in [-0.25, -0.2) is 13.1 Å². The minimum Gasteiger partial charge on any atom is -0.364 e. The number of nitro groups is 1. The highest BCUT2D eigenvalue weighted by Crippen LogP contribution is 2.31. The molecule has 0 saturated carbocycles. The topological polar surface area (TPSA) is 110 Å². The number of anilines is 1. The molecule has 9 nitrogen and oxygen atoms in total. The number of nitrogens with zero attached hydrogens (tertiary/aromatic N) is 4. The van der Waals surface area contributed by atoms with E-state index < -0.39 is 20.5 Å². The Balaban J connectivity index is 1.97. The molecule has 1 saturated heterocycles. The maximum absolute atomic E-state index is 12.5. The fraction of sp³-hybridized carbons (Fsp3) is 0.750. The Morgan fingerprint density at radius 3 is 2.40 bits per heavy atom. The van der Waals surface area contributed by atoms with Crippen molar-refractivity contribution < 1.29 is 26.5 Å². The highest BCUT2D eigenvalue weighted by atomic mass is 32.2. The molecule has 0 atom stereocenters. The van der Waals surface area contributed by atoms with Crippen LogP contribution in [0.15, 0.2) is 0 Å². The van der Waals surface area contributed by atoms with Gasteiger partial charge in [0.15, 0.2) is 0 Å². The average Bonchev–Trinajstić information content (AvgIpc) is 2.78. The Labute approximate surface area is 142 Å². The van der Waals surface area contributed by atoms with Gasteiger partial charge >= 0.3 is 21.2 Å². The van der Waals surface area contributed by atoms with E-state index in [1.54, 1.807) is 7.05 Å². The van der Waals surface area contributed by atoms with Crippen LogP contribution in [-0.2, 0) is 17.1 Å². The van der Waals surface area contributed by atoms with Crippen LogP contribution in [0.25, 0.3) is 0 Å². The first-order valence-electron chi connectivity index (χ1n) is 7.43. The fourth-order valence-corrected chi connectivity index (χ4v) is 3.79. The minimum absolute atomic E-state index is 0.102. The maximum Gasteiger partial charge on any atom is 0.511 e. The van der Waals surface area contributed by atoms with Crippen molar-refractivity contribution in [3.63, 3.8) is 0 Å². The molecule has 2 heterocycles. The standard InChI is InChI=1S/C12H18F3N5O4S/c1-8-10(20(21)22)11(18(2)17-8)16-7-9-3-5-19(6-4-9)25(23,24)12(13,14)15/h9,16H,3-7H2,1-2H3. The van der Waals surface area contributed by atoms with Gasteiger partial charge in [-0.1, -0.05) is 0 Å². The number of alkyl halides is 3. The molecule has 0 aromatic carbocycles. The van der Waals surface area contributed by atoms with Crippen LogP contribution < -0.4 is 5.32 Å². The van der Waals surface area contributed by atoms with Crippen molar-refractivity contribution in [1.82, 2.24) is 14.1 Å². The molecule has 142 valence electrons. The quantitative estimate of drug-likeness (QED) is 0.609.